The second-order valence-corrected chi connectivity index (χ2v) is 6.10. The summed E-state index contributed by atoms with van der Waals surface area (Å²) in [5.74, 6) is 0.0256. The van der Waals surface area contributed by atoms with Crippen LogP contribution in [0.25, 0.3) is 0 Å². The summed E-state index contributed by atoms with van der Waals surface area (Å²) in [6.45, 7) is 3.23. The van der Waals surface area contributed by atoms with Crippen LogP contribution in [-0.2, 0) is 9.59 Å². The third kappa shape index (κ3) is 2.20. The number of likely N-dealkylation sites (tertiary alicyclic amines) is 1. The summed E-state index contributed by atoms with van der Waals surface area (Å²) in [5, 5.41) is 9.47. The first kappa shape index (κ1) is 14.7. The minimum absolute atomic E-state index is 0.0706. The average molecular weight is 304 g/mol. The Balaban J connectivity index is 1.80. The molecular formula is C15H20N4O3. The first-order chi connectivity index (χ1) is 10.4. The molecule has 118 valence electrons. The summed E-state index contributed by atoms with van der Waals surface area (Å²) >= 11 is 0. The second-order valence-electron chi connectivity index (χ2n) is 6.10. The van der Waals surface area contributed by atoms with E-state index in [9.17, 15) is 14.7 Å². The molecule has 0 saturated carbocycles. The van der Waals surface area contributed by atoms with Crippen molar-refractivity contribution in [3.05, 3.63) is 18.1 Å². The van der Waals surface area contributed by atoms with Crippen LogP contribution in [0.4, 0.5) is 5.82 Å². The number of rotatable bonds is 2. The van der Waals surface area contributed by atoms with Crippen molar-refractivity contribution < 1.29 is 14.7 Å². The molecule has 0 unspecified atom stereocenters. The first-order valence-corrected chi connectivity index (χ1v) is 7.48. The highest BCUT2D eigenvalue weighted by atomic mass is 16.4. The largest absolute Gasteiger partial charge is 0.481 e. The fraction of sp³-hybridized carbons (Fsp3) is 0.600. The maximum absolute atomic E-state index is 12.0. The fourth-order valence-electron chi connectivity index (χ4n) is 3.73. The maximum Gasteiger partial charge on any atom is 0.309 e. The zero-order valence-electron chi connectivity index (χ0n) is 12.8. The number of anilines is 1. The molecule has 1 amide bonds. The number of piperidine rings is 1. The normalized spacial score (nSPS) is 24.1. The molecule has 0 aliphatic carbocycles. The SMILES string of the molecule is Cc1nccc(N2CCC3(CC2)[C@H](C(=O)O)CC(=O)N3C)n1. The molecule has 3 heterocycles. The van der Waals surface area contributed by atoms with E-state index in [4.69, 9.17) is 0 Å². The lowest BCUT2D eigenvalue weighted by Crippen LogP contribution is -2.56. The molecule has 2 aliphatic rings. The number of carboxylic acid groups (broad SMARTS) is 1. The summed E-state index contributed by atoms with van der Waals surface area (Å²) in [7, 11) is 1.73. The molecule has 22 heavy (non-hydrogen) atoms. The summed E-state index contributed by atoms with van der Waals surface area (Å²) < 4.78 is 0. The van der Waals surface area contributed by atoms with Crippen molar-refractivity contribution in [3.63, 3.8) is 0 Å². The van der Waals surface area contributed by atoms with Gasteiger partial charge < -0.3 is 14.9 Å². The Morgan fingerprint density at radius 2 is 2.09 bits per heavy atom. The summed E-state index contributed by atoms with van der Waals surface area (Å²) in [6, 6.07) is 1.86. The Labute approximate surface area is 129 Å². The van der Waals surface area contributed by atoms with Gasteiger partial charge in [-0.1, -0.05) is 0 Å². The van der Waals surface area contributed by atoms with E-state index in [1.807, 2.05) is 13.0 Å². The van der Waals surface area contributed by atoms with Crippen molar-refractivity contribution >= 4 is 17.7 Å². The Hall–Kier alpha value is -2.18. The topological polar surface area (TPSA) is 86.6 Å². The number of aliphatic carboxylic acids is 1. The van der Waals surface area contributed by atoms with E-state index >= 15 is 0 Å². The lowest BCUT2D eigenvalue weighted by Gasteiger charge is -2.45. The quantitative estimate of drug-likeness (QED) is 0.865. The highest BCUT2D eigenvalue weighted by Crippen LogP contribution is 2.43. The van der Waals surface area contributed by atoms with Crippen molar-refractivity contribution in [2.24, 2.45) is 5.92 Å². The number of aryl methyl sites for hydroxylation is 1. The van der Waals surface area contributed by atoms with E-state index in [0.717, 1.165) is 11.6 Å². The maximum atomic E-state index is 12.0. The Kier molecular flexibility index (Phi) is 3.50. The third-order valence-electron chi connectivity index (χ3n) is 5.08. The number of nitrogens with zero attached hydrogens (tertiary/aromatic N) is 4. The van der Waals surface area contributed by atoms with E-state index in [2.05, 4.69) is 14.9 Å². The van der Waals surface area contributed by atoms with Crippen molar-refractivity contribution in [2.45, 2.75) is 31.7 Å². The molecule has 7 heteroatoms. The Morgan fingerprint density at radius 1 is 1.41 bits per heavy atom. The monoisotopic (exact) mass is 304 g/mol. The van der Waals surface area contributed by atoms with Crippen LogP contribution >= 0.6 is 0 Å². The number of hydrogen-bond acceptors (Lipinski definition) is 5. The van der Waals surface area contributed by atoms with Crippen molar-refractivity contribution in [1.82, 2.24) is 14.9 Å². The Morgan fingerprint density at radius 3 is 2.68 bits per heavy atom. The van der Waals surface area contributed by atoms with Crippen LogP contribution in [-0.4, -0.2) is 57.5 Å². The van der Waals surface area contributed by atoms with Crippen LogP contribution in [0.5, 0.6) is 0 Å². The van der Waals surface area contributed by atoms with Gasteiger partial charge in [-0.3, -0.25) is 9.59 Å². The molecule has 1 atom stereocenters. The smallest absolute Gasteiger partial charge is 0.309 e. The molecule has 1 spiro atoms. The van der Waals surface area contributed by atoms with Crippen LogP contribution in [0.1, 0.15) is 25.1 Å². The molecule has 0 aromatic carbocycles. The van der Waals surface area contributed by atoms with Gasteiger partial charge in [-0.15, -0.1) is 0 Å². The number of carboxylic acids is 1. The predicted octanol–water partition coefficient (Wildman–Crippen LogP) is 0.687. The van der Waals surface area contributed by atoms with Crippen LogP contribution < -0.4 is 4.90 Å². The van der Waals surface area contributed by atoms with E-state index < -0.39 is 17.4 Å². The number of amides is 1. The second kappa shape index (κ2) is 5.23. The summed E-state index contributed by atoms with van der Waals surface area (Å²) in [5.41, 5.74) is -0.554. The highest BCUT2D eigenvalue weighted by Gasteiger charge is 2.55. The minimum atomic E-state index is -0.871. The van der Waals surface area contributed by atoms with Gasteiger partial charge in [-0.05, 0) is 25.8 Å². The molecule has 7 nitrogen and oxygen atoms in total. The first-order valence-electron chi connectivity index (χ1n) is 7.48. The molecule has 1 aromatic heterocycles. The van der Waals surface area contributed by atoms with Gasteiger partial charge in [0.2, 0.25) is 5.91 Å². The lowest BCUT2D eigenvalue weighted by atomic mass is 9.77. The average Bonchev–Trinajstić information content (AvgIpc) is 2.74. The number of aromatic nitrogens is 2. The highest BCUT2D eigenvalue weighted by molar-refractivity contribution is 5.88. The van der Waals surface area contributed by atoms with Crippen molar-refractivity contribution in [3.8, 4) is 0 Å². The number of carbonyl (C=O) groups is 2. The molecule has 2 aliphatic heterocycles. The standard InChI is InChI=1S/C15H20N4O3/c1-10-16-6-3-12(17-10)19-7-4-15(5-8-19)11(14(21)22)9-13(20)18(15)2/h3,6,11H,4-5,7-9H2,1-2H3,(H,21,22)/t11-/m0/s1. The molecule has 2 fully saturated rings. The van der Waals surface area contributed by atoms with Crippen molar-refractivity contribution in [1.29, 1.82) is 0 Å². The fourth-order valence-corrected chi connectivity index (χ4v) is 3.73. The zero-order valence-corrected chi connectivity index (χ0v) is 12.8. The number of carbonyl (C=O) groups excluding carboxylic acids is 1. The minimum Gasteiger partial charge on any atom is -0.481 e. The molecule has 1 aromatic rings. The van der Waals surface area contributed by atoms with Gasteiger partial charge in [-0.25, -0.2) is 9.97 Å². The van der Waals surface area contributed by atoms with Crippen molar-refractivity contribution in [2.75, 3.05) is 25.0 Å². The van der Waals surface area contributed by atoms with Crippen LogP contribution in [0.2, 0.25) is 0 Å². The molecule has 0 bridgehead atoms. The number of hydrogen-bond donors (Lipinski definition) is 1. The van der Waals surface area contributed by atoms with E-state index in [1.54, 1.807) is 18.1 Å². The molecule has 1 N–H and O–H groups in total. The van der Waals surface area contributed by atoms with Gasteiger partial charge in [0.15, 0.2) is 0 Å². The van der Waals surface area contributed by atoms with Gasteiger partial charge in [-0.2, -0.15) is 0 Å². The molecular weight excluding hydrogens is 284 g/mol. The summed E-state index contributed by atoms with van der Waals surface area (Å²) in [6.07, 6.45) is 3.14. The lowest BCUT2D eigenvalue weighted by molar-refractivity contribution is -0.145. The Bertz CT molecular complexity index is 611. The van der Waals surface area contributed by atoms with E-state index in [0.29, 0.717) is 25.9 Å². The van der Waals surface area contributed by atoms with Crippen LogP contribution in [0, 0.1) is 12.8 Å². The molecule has 2 saturated heterocycles. The van der Waals surface area contributed by atoms with E-state index in [1.165, 1.54) is 0 Å². The predicted molar refractivity (Wildman–Crippen MR) is 79.5 cm³/mol. The van der Waals surface area contributed by atoms with Gasteiger partial charge in [0.1, 0.15) is 11.6 Å². The molecule has 3 rings (SSSR count). The third-order valence-corrected chi connectivity index (χ3v) is 5.08. The van der Waals surface area contributed by atoms with Gasteiger partial charge >= 0.3 is 5.97 Å². The summed E-state index contributed by atoms with van der Waals surface area (Å²) in [4.78, 5) is 35.8. The van der Waals surface area contributed by atoms with Gasteiger partial charge in [0.05, 0.1) is 11.5 Å². The van der Waals surface area contributed by atoms with Gasteiger partial charge in [0.25, 0.3) is 0 Å². The molecule has 0 radical (unpaired) electrons. The van der Waals surface area contributed by atoms with Crippen LogP contribution in [0.15, 0.2) is 12.3 Å². The van der Waals surface area contributed by atoms with Gasteiger partial charge in [0, 0.05) is 32.8 Å². The zero-order chi connectivity index (χ0) is 15.9. The van der Waals surface area contributed by atoms with E-state index in [-0.39, 0.29) is 12.3 Å². The van der Waals surface area contributed by atoms with Crippen LogP contribution in [0.3, 0.4) is 0 Å².